The predicted octanol–water partition coefficient (Wildman–Crippen LogP) is 1.23. The van der Waals surface area contributed by atoms with E-state index in [0.717, 1.165) is 12.1 Å². The minimum Gasteiger partial charge on any atom is -0.474 e. The zero-order valence-corrected chi connectivity index (χ0v) is 9.45. The Morgan fingerprint density at radius 3 is 2.50 bits per heavy atom. The highest BCUT2D eigenvalue weighted by Crippen LogP contribution is 2.28. The van der Waals surface area contributed by atoms with Gasteiger partial charge in [-0.15, -0.1) is 0 Å². The summed E-state index contributed by atoms with van der Waals surface area (Å²) in [6.45, 7) is -0.806. The van der Waals surface area contributed by atoms with Crippen LogP contribution in [0.4, 0.5) is 14.5 Å². The summed E-state index contributed by atoms with van der Waals surface area (Å²) in [5.74, 6) is -6.10. The lowest BCUT2D eigenvalue weighted by Gasteiger charge is -2.19. The predicted molar refractivity (Wildman–Crippen MR) is 57.4 cm³/mol. The highest BCUT2D eigenvalue weighted by atomic mass is 35.5. The standard InChI is InChI=1S/C10H6ClF2NO4/c11-5-1-2-6(12)8(7(5)13)14(3-4-15)9(16)10(17)18/h1-2,4H,3H2,(H,17,18). The summed E-state index contributed by atoms with van der Waals surface area (Å²) in [5, 5.41) is 8.01. The Morgan fingerprint density at radius 2 is 2.00 bits per heavy atom. The Labute approximate surface area is 105 Å². The molecule has 0 heterocycles. The number of aliphatic carboxylic acids is 1. The molecule has 0 atom stereocenters. The van der Waals surface area contributed by atoms with E-state index >= 15 is 0 Å². The fourth-order valence-electron chi connectivity index (χ4n) is 1.23. The lowest BCUT2D eigenvalue weighted by molar-refractivity contribution is -0.148. The SMILES string of the molecule is O=CCN(C(=O)C(=O)O)c1c(F)ccc(Cl)c1F. The van der Waals surface area contributed by atoms with E-state index in [-0.39, 0.29) is 11.2 Å². The van der Waals surface area contributed by atoms with Gasteiger partial charge in [0.15, 0.2) is 5.82 Å². The molecule has 0 aliphatic carbocycles. The molecule has 0 spiro atoms. The van der Waals surface area contributed by atoms with Crippen LogP contribution in [0.3, 0.4) is 0 Å². The summed E-state index contributed by atoms with van der Waals surface area (Å²) < 4.78 is 27.0. The van der Waals surface area contributed by atoms with E-state index in [1.807, 2.05) is 0 Å². The van der Waals surface area contributed by atoms with Gasteiger partial charge >= 0.3 is 11.9 Å². The number of hydrogen-bond donors (Lipinski definition) is 1. The number of benzene rings is 1. The first-order chi connectivity index (χ1) is 8.40. The summed E-state index contributed by atoms with van der Waals surface area (Å²) in [6, 6.07) is 1.66. The highest BCUT2D eigenvalue weighted by Gasteiger charge is 2.28. The molecule has 0 saturated heterocycles. The summed E-state index contributed by atoms with van der Waals surface area (Å²) >= 11 is 5.40. The van der Waals surface area contributed by atoms with Gasteiger partial charge in [0.1, 0.15) is 17.8 Å². The van der Waals surface area contributed by atoms with Crippen molar-refractivity contribution in [1.82, 2.24) is 0 Å². The van der Waals surface area contributed by atoms with Crippen LogP contribution in [0.5, 0.6) is 0 Å². The Morgan fingerprint density at radius 1 is 1.39 bits per heavy atom. The second-order valence-corrected chi connectivity index (χ2v) is 3.49. The number of carboxylic acids is 1. The van der Waals surface area contributed by atoms with Gasteiger partial charge in [-0.25, -0.2) is 13.6 Å². The first kappa shape index (κ1) is 14.0. The molecule has 0 fully saturated rings. The van der Waals surface area contributed by atoms with Crippen LogP contribution in [0.15, 0.2) is 12.1 Å². The van der Waals surface area contributed by atoms with Crippen molar-refractivity contribution in [2.24, 2.45) is 0 Å². The molecule has 0 radical (unpaired) electrons. The number of carbonyl (C=O) groups excluding carboxylic acids is 2. The molecule has 0 aliphatic heterocycles. The maximum atomic E-state index is 13.6. The second-order valence-electron chi connectivity index (χ2n) is 3.08. The lowest BCUT2D eigenvalue weighted by atomic mass is 10.2. The maximum absolute atomic E-state index is 13.6. The van der Waals surface area contributed by atoms with Crippen molar-refractivity contribution in [2.45, 2.75) is 0 Å². The molecule has 1 aromatic carbocycles. The zero-order valence-electron chi connectivity index (χ0n) is 8.69. The number of carbonyl (C=O) groups is 3. The topological polar surface area (TPSA) is 74.7 Å². The molecular weight excluding hydrogens is 272 g/mol. The van der Waals surface area contributed by atoms with Crippen LogP contribution in [0.2, 0.25) is 5.02 Å². The van der Waals surface area contributed by atoms with Crippen LogP contribution in [0.25, 0.3) is 0 Å². The molecule has 1 aromatic rings. The smallest absolute Gasteiger partial charge is 0.394 e. The van der Waals surface area contributed by atoms with Crippen molar-refractivity contribution >= 4 is 35.5 Å². The molecule has 8 heteroatoms. The van der Waals surface area contributed by atoms with Gasteiger partial charge in [-0.05, 0) is 12.1 Å². The third-order valence-electron chi connectivity index (χ3n) is 1.97. The monoisotopic (exact) mass is 277 g/mol. The van der Waals surface area contributed by atoms with Crippen molar-refractivity contribution in [2.75, 3.05) is 11.4 Å². The van der Waals surface area contributed by atoms with Crippen LogP contribution >= 0.6 is 11.6 Å². The molecular formula is C10H6ClF2NO4. The van der Waals surface area contributed by atoms with E-state index in [1.54, 1.807) is 0 Å². The summed E-state index contributed by atoms with van der Waals surface area (Å²) in [7, 11) is 0. The maximum Gasteiger partial charge on any atom is 0.394 e. The van der Waals surface area contributed by atoms with Crippen molar-refractivity contribution < 1.29 is 28.3 Å². The molecule has 96 valence electrons. The third-order valence-corrected chi connectivity index (χ3v) is 2.27. The number of amides is 1. The number of hydrogen-bond acceptors (Lipinski definition) is 3. The first-order valence-electron chi connectivity index (χ1n) is 4.52. The molecule has 1 N–H and O–H groups in total. The van der Waals surface area contributed by atoms with Gasteiger partial charge in [-0.3, -0.25) is 9.69 Å². The minimum absolute atomic E-state index is 0.140. The van der Waals surface area contributed by atoms with Crippen molar-refractivity contribution in [1.29, 1.82) is 0 Å². The Kier molecular flexibility index (Phi) is 4.33. The molecule has 0 aromatic heterocycles. The summed E-state index contributed by atoms with van der Waals surface area (Å²) in [6.07, 6.45) is 0.140. The zero-order chi connectivity index (χ0) is 13.9. The fraction of sp³-hybridized carbons (Fsp3) is 0.100. The van der Waals surface area contributed by atoms with Crippen LogP contribution < -0.4 is 4.90 Å². The van der Waals surface area contributed by atoms with Crippen LogP contribution in [-0.4, -0.2) is 29.8 Å². The number of carboxylic acid groups (broad SMARTS) is 1. The molecule has 1 rings (SSSR count). The Hall–Kier alpha value is -2.02. The quantitative estimate of drug-likeness (QED) is 0.512. The van der Waals surface area contributed by atoms with Crippen molar-refractivity contribution in [3.63, 3.8) is 0 Å². The lowest BCUT2D eigenvalue weighted by Crippen LogP contribution is -2.39. The van der Waals surface area contributed by atoms with Gasteiger partial charge in [0.25, 0.3) is 0 Å². The van der Waals surface area contributed by atoms with Crippen molar-refractivity contribution in [3.8, 4) is 0 Å². The van der Waals surface area contributed by atoms with Crippen LogP contribution in [-0.2, 0) is 14.4 Å². The second kappa shape index (κ2) is 5.54. The molecule has 0 aliphatic rings. The highest BCUT2D eigenvalue weighted by molar-refractivity contribution is 6.38. The van der Waals surface area contributed by atoms with Gasteiger partial charge < -0.3 is 9.90 Å². The fourth-order valence-corrected chi connectivity index (χ4v) is 1.38. The largest absolute Gasteiger partial charge is 0.474 e. The van der Waals surface area contributed by atoms with Gasteiger partial charge in [0.05, 0.1) is 11.6 Å². The third kappa shape index (κ3) is 2.62. The van der Waals surface area contributed by atoms with E-state index in [2.05, 4.69) is 0 Å². The van der Waals surface area contributed by atoms with Crippen LogP contribution in [0.1, 0.15) is 0 Å². The number of rotatable bonds is 3. The van der Waals surface area contributed by atoms with Gasteiger partial charge in [-0.2, -0.15) is 0 Å². The Balaban J connectivity index is 3.38. The summed E-state index contributed by atoms with van der Waals surface area (Å²) in [5.41, 5.74) is -0.970. The first-order valence-corrected chi connectivity index (χ1v) is 4.89. The number of nitrogens with zero attached hydrogens (tertiary/aromatic N) is 1. The molecule has 0 unspecified atom stereocenters. The number of halogens is 3. The van der Waals surface area contributed by atoms with E-state index in [9.17, 15) is 23.2 Å². The van der Waals surface area contributed by atoms with E-state index in [4.69, 9.17) is 16.7 Å². The number of anilines is 1. The average molecular weight is 278 g/mol. The molecule has 5 nitrogen and oxygen atoms in total. The van der Waals surface area contributed by atoms with E-state index in [0.29, 0.717) is 0 Å². The minimum atomic E-state index is -1.95. The molecule has 0 bridgehead atoms. The average Bonchev–Trinajstić information content (AvgIpc) is 2.32. The van der Waals surface area contributed by atoms with Gasteiger partial charge in [-0.1, -0.05) is 11.6 Å². The van der Waals surface area contributed by atoms with Crippen LogP contribution in [0, 0.1) is 11.6 Å². The van der Waals surface area contributed by atoms with E-state index < -0.39 is 40.8 Å². The molecule has 0 saturated carbocycles. The Bertz CT molecular complexity index is 521. The molecule has 1 amide bonds. The van der Waals surface area contributed by atoms with E-state index in [1.165, 1.54) is 0 Å². The normalized spacial score (nSPS) is 9.94. The van der Waals surface area contributed by atoms with Gasteiger partial charge in [0, 0.05) is 0 Å². The summed E-state index contributed by atoms with van der Waals surface area (Å²) in [4.78, 5) is 32.3. The van der Waals surface area contributed by atoms with Crippen molar-refractivity contribution in [3.05, 3.63) is 28.8 Å². The number of aldehydes is 1. The molecule has 18 heavy (non-hydrogen) atoms. The van der Waals surface area contributed by atoms with Gasteiger partial charge in [0.2, 0.25) is 0 Å².